The Labute approximate surface area is 286 Å². The number of anilines is 3. The van der Waals surface area contributed by atoms with E-state index < -0.39 is 0 Å². The summed E-state index contributed by atoms with van der Waals surface area (Å²) in [6.45, 7) is 4.66. The Kier molecular flexibility index (Phi) is 6.54. The maximum Gasteiger partial charge on any atom is 0.101 e. The van der Waals surface area contributed by atoms with E-state index in [0.29, 0.717) is 5.56 Å². The summed E-state index contributed by atoms with van der Waals surface area (Å²) in [5, 5.41) is 12.8. The molecule has 0 saturated heterocycles. The molecule has 49 heavy (non-hydrogen) atoms. The molecule has 0 spiro atoms. The van der Waals surface area contributed by atoms with Crippen LogP contribution in [0.5, 0.6) is 0 Å². The monoisotopic (exact) mass is 627 g/mol. The molecular weight excluding hydrogens is 595 g/mol. The minimum absolute atomic E-state index is 0.199. The molecule has 3 heteroatoms. The van der Waals surface area contributed by atoms with Gasteiger partial charge in [-0.3, -0.25) is 0 Å². The average Bonchev–Trinajstić information content (AvgIpc) is 3.49. The minimum Gasteiger partial charge on any atom is -0.309 e. The maximum atomic E-state index is 10.5. The zero-order chi connectivity index (χ0) is 33.1. The van der Waals surface area contributed by atoms with Crippen molar-refractivity contribution in [3.8, 4) is 34.0 Å². The van der Waals surface area contributed by atoms with E-state index in [9.17, 15) is 5.26 Å². The fourth-order valence-corrected chi connectivity index (χ4v) is 7.95. The van der Waals surface area contributed by atoms with Gasteiger partial charge in [0.2, 0.25) is 0 Å². The lowest BCUT2D eigenvalue weighted by molar-refractivity contribution is 0.632. The predicted octanol–water partition coefficient (Wildman–Crippen LogP) is 12.1. The molecular formula is C46H33N3. The van der Waals surface area contributed by atoms with Gasteiger partial charge < -0.3 is 9.47 Å². The van der Waals surface area contributed by atoms with Crippen molar-refractivity contribution in [2.45, 2.75) is 19.3 Å². The highest BCUT2D eigenvalue weighted by Crippen LogP contribution is 2.55. The third-order valence-corrected chi connectivity index (χ3v) is 10.2. The van der Waals surface area contributed by atoms with Gasteiger partial charge in [0.05, 0.1) is 33.7 Å². The largest absolute Gasteiger partial charge is 0.309 e. The van der Waals surface area contributed by atoms with Gasteiger partial charge in [0.15, 0.2) is 0 Å². The van der Waals surface area contributed by atoms with Crippen molar-refractivity contribution in [2.24, 2.45) is 0 Å². The number of hydrogen-bond donors (Lipinski definition) is 0. The number of para-hydroxylation sites is 6. The van der Waals surface area contributed by atoms with Crippen LogP contribution in [-0.4, -0.2) is 4.57 Å². The minimum atomic E-state index is -0.199. The molecule has 7 aromatic carbocycles. The third-order valence-electron chi connectivity index (χ3n) is 10.2. The summed E-state index contributed by atoms with van der Waals surface area (Å²) < 4.78 is 2.27. The van der Waals surface area contributed by atoms with Crippen LogP contribution >= 0.6 is 0 Å². The first-order valence-electron chi connectivity index (χ1n) is 16.8. The second kappa shape index (κ2) is 11.1. The molecule has 0 unspecified atom stereocenters. The van der Waals surface area contributed by atoms with Gasteiger partial charge in [-0.05, 0) is 64.7 Å². The van der Waals surface area contributed by atoms with Gasteiger partial charge in [-0.15, -0.1) is 0 Å². The Morgan fingerprint density at radius 1 is 0.510 bits per heavy atom. The number of nitrogens with zero attached hydrogens (tertiary/aromatic N) is 3. The number of aromatic nitrogens is 1. The van der Waals surface area contributed by atoms with Crippen LogP contribution in [0.3, 0.4) is 0 Å². The lowest BCUT2D eigenvalue weighted by Gasteiger charge is -2.43. The molecule has 0 N–H and O–H groups in total. The number of benzene rings is 7. The van der Waals surface area contributed by atoms with Crippen molar-refractivity contribution in [1.82, 2.24) is 4.57 Å². The molecule has 8 aromatic rings. The van der Waals surface area contributed by atoms with Crippen molar-refractivity contribution < 1.29 is 0 Å². The summed E-state index contributed by atoms with van der Waals surface area (Å²) in [6.07, 6.45) is 0. The summed E-state index contributed by atoms with van der Waals surface area (Å²) in [6, 6.07) is 60.6. The molecule has 0 saturated carbocycles. The van der Waals surface area contributed by atoms with E-state index in [1.807, 2.05) is 12.1 Å². The molecule has 1 aliphatic heterocycles. The van der Waals surface area contributed by atoms with E-state index >= 15 is 0 Å². The summed E-state index contributed by atoms with van der Waals surface area (Å²) in [5.74, 6) is 0. The normalized spacial score (nSPS) is 13.2. The average molecular weight is 628 g/mol. The first-order chi connectivity index (χ1) is 24.1. The first kappa shape index (κ1) is 28.8. The van der Waals surface area contributed by atoms with Crippen molar-refractivity contribution >= 4 is 38.9 Å². The molecule has 0 radical (unpaired) electrons. The highest BCUT2D eigenvalue weighted by Gasteiger charge is 2.38. The highest BCUT2D eigenvalue weighted by atomic mass is 15.2. The third kappa shape index (κ3) is 4.35. The van der Waals surface area contributed by atoms with E-state index in [4.69, 9.17) is 0 Å². The van der Waals surface area contributed by atoms with Crippen LogP contribution in [0.4, 0.5) is 17.1 Å². The number of hydrogen-bond acceptors (Lipinski definition) is 2. The number of fused-ring (bicyclic) bond motifs is 5. The topological polar surface area (TPSA) is 32.0 Å². The van der Waals surface area contributed by atoms with Crippen molar-refractivity contribution in [2.75, 3.05) is 4.90 Å². The summed E-state index contributed by atoms with van der Waals surface area (Å²) in [7, 11) is 0. The number of rotatable bonds is 4. The maximum absolute atomic E-state index is 10.5. The Hall–Kier alpha value is -6.37. The van der Waals surface area contributed by atoms with Gasteiger partial charge in [-0.25, -0.2) is 0 Å². The summed E-state index contributed by atoms with van der Waals surface area (Å²) in [5.41, 5.74) is 14.0. The molecule has 0 amide bonds. The van der Waals surface area contributed by atoms with Crippen LogP contribution in [-0.2, 0) is 5.41 Å². The molecule has 3 nitrogen and oxygen atoms in total. The van der Waals surface area contributed by atoms with Crippen LogP contribution in [0, 0.1) is 11.3 Å². The molecule has 2 heterocycles. The van der Waals surface area contributed by atoms with Crippen LogP contribution in [0.2, 0.25) is 0 Å². The molecule has 0 fully saturated rings. The van der Waals surface area contributed by atoms with Gasteiger partial charge in [-0.1, -0.05) is 135 Å². The van der Waals surface area contributed by atoms with Gasteiger partial charge in [0, 0.05) is 33.0 Å². The predicted molar refractivity (Wildman–Crippen MR) is 203 cm³/mol. The van der Waals surface area contributed by atoms with Crippen LogP contribution < -0.4 is 4.90 Å². The van der Waals surface area contributed by atoms with Crippen molar-refractivity contribution in [3.05, 3.63) is 180 Å². The molecule has 0 atom stereocenters. The second-order valence-electron chi connectivity index (χ2n) is 13.3. The quantitative estimate of drug-likeness (QED) is 0.194. The standard InChI is InChI=1S/C46H33N3/c1-46(2)39-24-8-11-28-43(39)48(34-18-4-3-5-19-34)45-36(23-14-25-40(45)46)32-16-12-15-31(29-32)35-22-13-17-33(30-47)44(35)49-41-26-9-6-20-37(41)38-21-7-10-27-42(38)49/h3-29H,1-2H3. The Balaban J connectivity index is 1.29. The van der Waals surface area contributed by atoms with Crippen molar-refractivity contribution in [3.63, 3.8) is 0 Å². The molecule has 0 bridgehead atoms. The summed E-state index contributed by atoms with van der Waals surface area (Å²) >= 11 is 0. The fraction of sp³-hybridized carbons (Fsp3) is 0.0652. The Morgan fingerprint density at radius 3 is 1.76 bits per heavy atom. The van der Waals surface area contributed by atoms with E-state index in [1.54, 1.807) is 0 Å². The smallest absolute Gasteiger partial charge is 0.101 e. The second-order valence-corrected chi connectivity index (χ2v) is 13.3. The highest BCUT2D eigenvalue weighted by molar-refractivity contribution is 6.10. The molecule has 0 aliphatic carbocycles. The van der Waals surface area contributed by atoms with E-state index in [-0.39, 0.29) is 5.41 Å². The molecule has 9 rings (SSSR count). The van der Waals surface area contributed by atoms with Crippen LogP contribution in [0.1, 0.15) is 30.5 Å². The Morgan fingerprint density at radius 2 is 1.06 bits per heavy atom. The zero-order valence-electron chi connectivity index (χ0n) is 27.4. The van der Waals surface area contributed by atoms with E-state index in [0.717, 1.165) is 39.1 Å². The van der Waals surface area contributed by atoms with Gasteiger partial charge in [0.25, 0.3) is 0 Å². The zero-order valence-corrected chi connectivity index (χ0v) is 27.4. The lowest BCUT2D eigenvalue weighted by atomic mass is 9.72. The van der Waals surface area contributed by atoms with Gasteiger partial charge in [0.1, 0.15) is 6.07 Å². The number of nitriles is 1. The van der Waals surface area contributed by atoms with Gasteiger partial charge in [-0.2, -0.15) is 5.26 Å². The van der Waals surface area contributed by atoms with Crippen LogP contribution in [0.15, 0.2) is 164 Å². The van der Waals surface area contributed by atoms with E-state index in [1.165, 1.54) is 38.8 Å². The lowest BCUT2D eigenvalue weighted by Crippen LogP contribution is -2.31. The molecule has 1 aliphatic rings. The fourth-order valence-electron chi connectivity index (χ4n) is 7.95. The van der Waals surface area contributed by atoms with Crippen molar-refractivity contribution in [1.29, 1.82) is 5.26 Å². The molecule has 232 valence electrons. The van der Waals surface area contributed by atoms with E-state index in [2.05, 4.69) is 181 Å². The van der Waals surface area contributed by atoms with Gasteiger partial charge >= 0.3 is 0 Å². The summed E-state index contributed by atoms with van der Waals surface area (Å²) in [4.78, 5) is 2.43. The first-order valence-corrected chi connectivity index (χ1v) is 16.8. The van der Waals surface area contributed by atoms with Crippen LogP contribution in [0.25, 0.3) is 49.7 Å². The Bertz CT molecular complexity index is 2550. The molecule has 1 aromatic heterocycles. The SMILES string of the molecule is CC1(C)c2ccccc2N(c2ccccc2)c2c(-c3cccc(-c4cccc(C#N)c4-n4c5ccccc5c5ccccc54)c3)cccc21.